The van der Waals surface area contributed by atoms with Crippen molar-refractivity contribution in [2.45, 2.75) is 97.9 Å². The molecule has 2 heterocycles. The highest BCUT2D eigenvalue weighted by molar-refractivity contribution is 5.89. The Morgan fingerprint density at radius 2 is 1.61 bits per heavy atom. The fraction of sp³-hybridized carbons (Fsp3) is 0.517. The Balaban J connectivity index is 1.68. The molecule has 0 saturated heterocycles. The molecular formula is C29H38N4. The van der Waals surface area contributed by atoms with Gasteiger partial charge in [0.15, 0.2) is 0 Å². The molecule has 4 nitrogen and oxygen atoms in total. The molecule has 5 rings (SSSR count). The second-order valence-corrected chi connectivity index (χ2v) is 11.8. The molecule has 4 heteroatoms. The van der Waals surface area contributed by atoms with E-state index in [1.165, 1.54) is 62.8 Å². The highest BCUT2D eigenvalue weighted by Gasteiger charge is 2.34. The van der Waals surface area contributed by atoms with Crippen molar-refractivity contribution < 1.29 is 0 Å². The van der Waals surface area contributed by atoms with E-state index in [-0.39, 0.29) is 10.8 Å². The van der Waals surface area contributed by atoms with Gasteiger partial charge in [0, 0.05) is 22.1 Å². The van der Waals surface area contributed by atoms with Crippen LogP contribution >= 0.6 is 0 Å². The summed E-state index contributed by atoms with van der Waals surface area (Å²) in [5, 5.41) is 16.0. The monoisotopic (exact) mass is 442 g/mol. The Labute approximate surface area is 197 Å². The summed E-state index contributed by atoms with van der Waals surface area (Å²) < 4.78 is 2.28. The van der Waals surface area contributed by atoms with Crippen molar-refractivity contribution in [1.82, 2.24) is 20.0 Å². The lowest BCUT2D eigenvalue weighted by atomic mass is 9.79. The molecule has 4 aromatic rings. The van der Waals surface area contributed by atoms with Gasteiger partial charge in [0.25, 0.3) is 0 Å². The van der Waals surface area contributed by atoms with Crippen LogP contribution in [-0.2, 0) is 23.8 Å². The largest absolute Gasteiger partial charge is 0.278 e. The zero-order chi connectivity index (χ0) is 23.7. The zero-order valence-corrected chi connectivity index (χ0v) is 21.6. The van der Waals surface area contributed by atoms with E-state index in [0.29, 0.717) is 5.92 Å². The molecule has 0 atom stereocenters. The summed E-state index contributed by atoms with van der Waals surface area (Å²) in [4.78, 5) is 0. The highest BCUT2D eigenvalue weighted by atomic mass is 15.3. The molecule has 174 valence electrons. The number of rotatable bonds is 5. The van der Waals surface area contributed by atoms with Crippen LogP contribution in [0, 0.1) is 13.8 Å². The molecule has 1 aliphatic rings. The lowest BCUT2D eigenvalue weighted by Crippen LogP contribution is -2.26. The summed E-state index contributed by atoms with van der Waals surface area (Å²) >= 11 is 0. The van der Waals surface area contributed by atoms with Crippen molar-refractivity contribution in [3.05, 3.63) is 57.9 Å². The smallest absolute Gasteiger partial charge is 0.0734 e. The minimum absolute atomic E-state index is 0.0784. The predicted octanol–water partition coefficient (Wildman–Crippen LogP) is 7.24. The summed E-state index contributed by atoms with van der Waals surface area (Å²) in [5.41, 5.74) is 10.4. The first-order chi connectivity index (χ1) is 15.5. The number of aromatic amines is 1. The van der Waals surface area contributed by atoms with Crippen molar-refractivity contribution in [2.75, 3.05) is 0 Å². The van der Waals surface area contributed by atoms with Gasteiger partial charge in [0.1, 0.15) is 0 Å². The van der Waals surface area contributed by atoms with Gasteiger partial charge in [-0.1, -0.05) is 53.7 Å². The third kappa shape index (κ3) is 3.59. The van der Waals surface area contributed by atoms with Gasteiger partial charge >= 0.3 is 0 Å². The van der Waals surface area contributed by atoms with Gasteiger partial charge < -0.3 is 0 Å². The number of hydrogen-bond acceptors (Lipinski definition) is 2. The van der Waals surface area contributed by atoms with Crippen LogP contribution < -0.4 is 0 Å². The maximum Gasteiger partial charge on any atom is 0.0734 e. The van der Waals surface area contributed by atoms with Crippen LogP contribution in [0.1, 0.15) is 93.9 Å². The number of aromatic nitrogens is 4. The first-order valence-corrected chi connectivity index (χ1v) is 12.5. The maximum atomic E-state index is 5.19. The molecule has 0 spiro atoms. The van der Waals surface area contributed by atoms with Gasteiger partial charge in [-0.05, 0) is 72.9 Å². The summed E-state index contributed by atoms with van der Waals surface area (Å²) in [5.74, 6) is 0.615. The minimum atomic E-state index is -0.0894. The first kappa shape index (κ1) is 22.2. The van der Waals surface area contributed by atoms with E-state index < -0.39 is 0 Å². The average molecular weight is 443 g/mol. The van der Waals surface area contributed by atoms with E-state index in [2.05, 4.69) is 89.4 Å². The molecule has 1 saturated carbocycles. The Morgan fingerprint density at radius 3 is 2.24 bits per heavy atom. The summed E-state index contributed by atoms with van der Waals surface area (Å²) in [6.45, 7) is 19.2. The van der Waals surface area contributed by atoms with Gasteiger partial charge in [-0.2, -0.15) is 10.2 Å². The van der Waals surface area contributed by atoms with Crippen molar-refractivity contribution in [3.63, 3.8) is 0 Å². The molecule has 0 radical (unpaired) electrons. The summed E-state index contributed by atoms with van der Waals surface area (Å²) in [6, 6.07) is 9.00. The van der Waals surface area contributed by atoms with E-state index in [0.717, 1.165) is 18.5 Å². The topological polar surface area (TPSA) is 46.5 Å². The second-order valence-electron chi connectivity index (χ2n) is 11.8. The quantitative estimate of drug-likeness (QED) is 0.354. The number of H-pyrrole nitrogens is 1. The number of nitrogens with zero attached hydrogens (tertiary/aromatic N) is 3. The second kappa shape index (κ2) is 7.44. The van der Waals surface area contributed by atoms with Crippen molar-refractivity contribution >= 4 is 21.8 Å². The van der Waals surface area contributed by atoms with Crippen LogP contribution in [0.25, 0.3) is 21.8 Å². The van der Waals surface area contributed by atoms with Crippen molar-refractivity contribution in [1.29, 1.82) is 0 Å². The van der Waals surface area contributed by atoms with Crippen molar-refractivity contribution in [2.24, 2.45) is 0 Å². The van der Waals surface area contributed by atoms with E-state index >= 15 is 0 Å². The van der Waals surface area contributed by atoms with Crippen LogP contribution in [0.2, 0.25) is 0 Å². The van der Waals surface area contributed by atoms with E-state index in [1.807, 2.05) is 0 Å². The molecule has 1 N–H and O–H groups in total. The van der Waals surface area contributed by atoms with Crippen molar-refractivity contribution in [3.8, 4) is 0 Å². The molecule has 0 bridgehead atoms. The van der Waals surface area contributed by atoms with Crippen LogP contribution in [-0.4, -0.2) is 20.0 Å². The van der Waals surface area contributed by atoms with Gasteiger partial charge in [-0.25, -0.2) is 0 Å². The third-order valence-corrected chi connectivity index (χ3v) is 7.44. The molecular weight excluding hydrogens is 404 g/mol. The normalized spacial score (nSPS) is 15.2. The van der Waals surface area contributed by atoms with Crippen LogP contribution in [0.15, 0.2) is 24.3 Å². The Bertz CT molecular complexity index is 1360. The SMILES string of the molecule is CCc1nn(CC(C)(C)c2c(C)ccc3[nH]nc(C4CC4)c23)c2ccc(C)c(C(C)(C)C)c12. The molecule has 0 amide bonds. The Morgan fingerprint density at radius 1 is 0.939 bits per heavy atom. The average Bonchev–Trinajstić information content (AvgIpc) is 3.39. The fourth-order valence-electron chi connectivity index (χ4n) is 6.01. The number of fused-ring (bicyclic) bond motifs is 2. The number of hydrogen-bond donors (Lipinski definition) is 1. The fourth-order valence-corrected chi connectivity index (χ4v) is 6.01. The minimum Gasteiger partial charge on any atom is -0.278 e. The lowest BCUT2D eigenvalue weighted by molar-refractivity contribution is 0.416. The first-order valence-electron chi connectivity index (χ1n) is 12.5. The number of benzene rings is 2. The Kier molecular flexibility index (Phi) is 5.00. The molecule has 0 unspecified atom stereocenters. The van der Waals surface area contributed by atoms with Gasteiger partial charge in [-0.3, -0.25) is 9.78 Å². The molecule has 1 fully saturated rings. The molecule has 2 aromatic carbocycles. The van der Waals surface area contributed by atoms with Crippen LogP contribution in [0.5, 0.6) is 0 Å². The Hall–Kier alpha value is -2.62. The number of nitrogens with one attached hydrogen (secondary N) is 1. The van der Waals surface area contributed by atoms with E-state index in [4.69, 9.17) is 10.2 Å². The van der Waals surface area contributed by atoms with E-state index in [9.17, 15) is 0 Å². The number of aryl methyl sites for hydroxylation is 3. The van der Waals surface area contributed by atoms with Gasteiger partial charge in [0.2, 0.25) is 0 Å². The lowest BCUT2D eigenvalue weighted by Gasteiger charge is -2.29. The maximum absolute atomic E-state index is 5.19. The summed E-state index contributed by atoms with van der Waals surface area (Å²) in [7, 11) is 0. The molecule has 1 aliphatic carbocycles. The zero-order valence-electron chi connectivity index (χ0n) is 21.6. The third-order valence-electron chi connectivity index (χ3n) is 7.44. The highest BCUT2D eigenvalue weighted by Crippen LogP contribution is 2.46. The molecule has 2 aromatic heterocycles. The molecule has 0 aliphatic heterocycles. The van der Waals surface area contributed by atoms with Gasteiger partial charge in [-0.15, -0.1) is 0 Å². The van der Waals surface area contributed by atoms with Gasteiger partial charge in [0.05, 0.1) is 29.0 Å². The predicted molar refractivity (Wildman–Crippen MR) is 138 cm³/mol. The van der Waals surface area contributed by atoms with E-state index in [1.54, 1.807) is 0 Å². The molecule has 33 heavy (non-hydrogen) atoms. The van der Waals surface area contributed by atoms with Crippen LogP contribution in [0.3, 0.4) is 0 Å². The standard InChI is InChI=1S/C29H38N4/c1-9-20-23-22(15-11-17(2)25(23)28(4,5)6)33(32-20)16-29(7,8)26-18(3)10-14-21-24(26)27(31-30-21)19-12-13-19/h10-11,14-15,19H,9,12-13,16H2,1-8H3,(H,30,31). The summed E-state index contributed by atoms with van der Waals surface area (Å²) in [6.07, 6.45) is 3.46. The van der Waals surface area contributed by atoms with Crippen LogP contribution in [0.4, 0.5) is 0 Å².